The summed E-state index contributed by atoms with van der Waals surface area (Å²) in [4.78, 5) is 17.8. The van der Waals surface area contributed by atoms with E-state index in [-0.39, 0.29) is 17.1 Å². The van der Waals surface area contributed by atoms with Crippen LogP contribution >= 0.6 is 0 Å². The average Bonchev–Trinajstić information content (AvgIpc) is 3.14. The number of aromatic nitrogens is 2. The molecule has 1 aliphatic rings. The molecule has 1 aromatic carbocycles. The molecule has 0 aliphatic heterocycles. The van der Waals surface area contributed by atoms with Crippen molar-refractivity contribution in [1.29, 1.82) is 0 Å². The molecule has 1 heterocycles. The van der Waals surface area contributed by atoms with Crippen molar-refractivity contribution in [3.05, 3.63) is 35.7 Å². The third kappa shape index (κ3) is 3.89. The van der Waals surface area contributed by atoms with Crippen molar-refractivity contribution >= 4 is 5.91 Å². The normalized spacial score (nSPS) is 15.7. The van der Waals surface area contributed by atoms with Gasteiger partial charge in [0.15, 0.2) is 0 Å². The molecule has 0 bridgehead atoms. The summed E-state index contributed by atoms with van der Waals surface area (Å²) in [7, 11) is 0. The average molecular weight is 367 g/mol. The Morgan fingerprint density at radius 3 is 2.42 bits per heavy atom. The Morgan fingerprint density at radius 2 is 1.92 bits per heavy atom. The Kier molecular flexibility index (Phi) is 4.77. The Balaban J connectivity index is 1.72. The highest BCUT2D eigenvalue weighted by Crippen LogP contribution is 2.46. The van der Waals surface area contributed by atoms with Crippen LogP contribution in [0.5, 0.6) is 0 Å². The number of carbonyl (C=O) groups excluding carboxylic acids is 1. The molecule has 26 heavy (non-hydrogen) atoms. The van der Waals surface area contributed by atoms with Crippen molar-refractivity contribution in [1.82, 2.24) is 15.0 Å². The third-order valence-electron chi connectivity index (χ3n) is 4.55. The van der Waals surface area contributed by atoms with Crippen molar-refractivity contribution in [3.63, 3.8) is 0 Å². The molecule has 1 aliphatic carbocycles. The van der Waals surface area contributed by atoms with E-state index >= 15 is 0 Å². The van der Waals surface area contributed by atoms with Gasteiger partial charge < -0.3 is 9.42 Å². The van der Waals surface area contributed by atoms with Crippen molar-refractivity contribution in [2.24, 2.45) is 5.41 Å². The molecule has 0 spiro atoms. The van der Waals surface area contributed by atoms with Crippen LogP contribution in [0.4, 0.5) is 13.2 Å². The number of hydrogen-bond donors (Lipinski definition) is 0. The van der Waals surface area contributed by atoms with Gasteiger partial charge in [-0.15, -0.1) is 0 Å². The zero-order chi connectivity index (χ0) is 18.9. The van der Waals surface area contributed by atoms with E-state index in [2.05, 4.69) is 14.7 Å². The quantitative estimate of drug-likeness (QED) is 0.764. The summed E-state index contributed by atoms with van der Waals surface area (Å²) in [5.41, 5.74) is 1.10. The maximum Gasteiger partial charge on any atom is 0.471 e. The molecule has 8 heteroatoms. The van der Waals surface area contributed by atoms with Crippen molar-refractivity contribution < 1.29 is 22.5 Å². The molecule has 2 aromatic rings. The standard InChI is InChI=1S/C18H20F3N3O2/c1-3-10-24(16(25)17(2)8-9-17)11-12-4-6-13(7-5-12)14-22-15(26-23-14)18(19,20)21/h4-7H,3,8-11H2,1-2H3. The summed E-state index contributed by atoms with van der Waals surface area (Å²) in [5.74, 6) is -1.32. The van der Waals surface area contributed by atoms with E-state index in [1.807, 2.05) is 18.7 Å². The first-order valence-corrected chi connectivity index (χ1v) is 8.52. The van der Waals surface area contributed by atoms with Crippen molar-refractivity contribution in [2.75, 3.05) is 6.54 Å². The first kappa shape index (κ1) is 18.4. The second-order valence-corrected chi connectivity index (χ2v) is 6.91. The van der Waals surface area contributed by atoms with Gasteiger partial charge in [-0.2, -0.15) is 18.2 Å². The van der Waals surface area contributed by atoms with Crippen LogP contribution in [0, 0.1) is 5.41 Å². The Morgan fingerprint density at radius 1 is 1.27 bits per heavy atom. The van der Waals surface area contributed by atoms with Crippen LogP contribution in [-0.4, -0.2) is 27.5 Å². The van der Waals surface area contributed by atoms with Crippen LogP contribution in [0.2, 0.25) is 0 Å². The number of benzene rings is 1. The fourth-order valence-electron chi connectivity index (χ4n) is 2.74. The summed E-state index contributed by atoms with van der Waals surface area (Å²) in [5, 5.41) is 3.37. The zero-order valence-corrected chi connectivity index (χ0v) is 14.6. The lowest BCUT2D eigenvalue weighted by molar-refractivity contribution is -0.159. The van der Waals surface area contributed by atoms with Gasteiger partial charge in [0.25, 0.3) is 0 Å². The largest absolute Gasteiger partial charge is 0.471 e. The SMILES string of the molecule is CCCN(Cc1ccc(-c2noc(C(F)(F)F)n2)cc1)C(=O)C1(C)CC1. The van der Waals surface area contributed by atoms with Crippen molar-refractivity contribution in [3.8, 4) is 11.4 Å². The lowest BCUT2D eigenvalue weighted by atomic mass is 10.1. The smallest absolute Gasteiger partial charge is 0.338 e. The number of halogens is 3. The van der Waals surface area contributed by atoms with Gasteiger partial charge in [-0.25, -0.2) is 0 Å². The molecule has 140 valence electrons. The number of hydrogen-bond acceptors (Lipinski definition) is 4. The van der Waals surface area contributed by atoms with E-state index in [0.717, 1.165) is 24.8 Å². The molecular weight excluding hydrogens is 347 g/mol. The van der Waals surface area contributed by atoms with Crippen molar-refractivity contribution in [2.45, 2.75) is 45.8 Å². The highest BCUT2D eigenvalue weighted by molar-refractivity contribution is 5.84. The minimum Gasteiger partial charge on any atom is -0.338 e. The van der Waals surface area contributed by atoms with E-state index < -0.39 is 12.1 Å². The number of amides is 1. The lowest BCUT2D eigenvalue weighted by Gasteiger charge is -2.25. The molecule has 0 radical (unpaired) electrons. The molecule has 3 rings (SSSR count). The summed E-state index contributed by atoms with van der Waals surface area (Å²) < 4.78 is 41.9. The monoisotopic (exact) mass is 367 g/mol. The molecule has 0 unspecified atom stereocenters. The Hall–Kier alpha value is -2.38. The van der Waals surface area contributed by atoms with Gasteiger partial charge in [-0.1, -0.05) is 43.3 Å². The predicted molar refractivity (Wildman–Crippen MR) is 87.8 cm³/mol. The number of nitrogens with zero attached hydrogens (tertiary/aromatic N) is 3. The zero-order valence-electron chi connectivity index (χ0n) is 14.6. The molecule has 0 saturated heterocycles. The van der Waals surface area contributed by atoms with E-state index in [1.165, 1.54) is 0 Å². The number of alkyl halides is 3. The lowest BCUT2D eigenvalue weighted by Crippen LogP contribution is -2.36. The predicted octanol–water partition coefficient (Wildman–Crippen LogP) is 4.29. The van der Waals surface area contributed by atoms with E-state index in [9.17, 15) is 18.0 Å². The highest BCUT2D eigenvalue weighted by atomic mass is 19.4. The van der Waals surface area contributed by atoms with Crippen LogP contribution < -0.4 is 0 Å². The first-order chi connectivity index (χ1) is 12.2. The summed E-state index contributed by atoms with van der Waals surface area (Å²) in [6.45, 7) is 5.15. The summed E-state index contributed by atoms with van der Waals surface area (Å²) >= 11 is 0. The molecule has 1 saturated carbocycles. The Labute approximate surface area is 149 Å². The van der Waals surface area contributed by atoms with Crippen LogP contribution in [-0.2, 0) is 17.5 Å². The van der Waals surface area contributed by atoms with Crippen LogP contribution in [0.15, 0.2) is 28.8 Å². The summed E-state index contributed by atoms with van der Waals surface area (Å²) in [6, 6.07) is 6.80. The second kappa shape index (κ2) is 6.74. The molecule has 1 amide bonds. The maximum atomic E-state index is 12.6. The van der Waals surface area contributed by atoms with Crippen LogP contribution in [0.1, 0.15) is 44.6 Å². The number of carbonyl (C=O) groups is 1. The Bertz CT molecular complexity index is 780. The van der Waals surface area contributed by atoms with Gasteiger partial charge in [0, 0.05) is 24.1 Å². The summed E-state index contributed by atoms with van der Waals surface area (Å²) in [6.07, 6.45) is -1.96. The fourth-order valence-corrected chi connectivity index (χ4v) is 2.74. The van der Waals surface area contributed by atoms with Crippen LogP contribution in [0.3, 0.4) is 0 Å². The first-order valence-electron chi connectivity index (χ1n) is 8.52. The second-order valence-electron chi connectivity index (χ2n) is 6.91. The van der Waals surface area contributed by atoms with Gasteiger partial charge in [-0.05, 0) is 24.8 Å². The van der Waals surface area contributed by atoms with Gasteiger partial charge in [0.1, 0.15) is 0 Å². The van der Waals surface area contributed by atoms with Crippen LogP contribution in [0.25, 0.3) is 11.4 Å². The van der Waals surface area contributed by atoms with Gasteiger partial charge in [-0.3, -0.25) is 4.79 Å². The third-order valence-corrected chi connectivity index (χ3v) is 4.55. The molecule has 0 atom stereocenters. The number of rotatable bonds is 6. The van der Waals surface area contributed by atoms with E-state index in [0.29, 0.717) is 18.7 Å². The molecular formula is C18H20F3N3O2. The minimum absolute atomic E-state index is 0.115. The highest BCUT2D eigenvalue weighted by Gasteiger charge is 2.46. The molecule has 1 fully saturated rings. The van der Waals surface area contributed by atoms with E-state index in [1.54, 1.807) is 24.3 Å². The molecule has 1 aromatic heterocycles. The van der Waals surface area contributed by atoms with Gasteiger partial charge in [0.2, 0.25) is 11.7 Å². The minimum atomic E-state index is -4.66. The van der Waals surface area contributed by atoms with E-state index in [4.69, 9.17) is 0 Å². The maximum absolute atomic E-state index is 12.6. The topological polar surface area (TPSA) is 59.2 Å². The van der Waals surface area contributed by atoms with Gasteiger partial charge >= 0.3 is 12.1 Å². The van der Waals surface area contributed by atoms with Gasteiger partial charge in [0.05, 0.1) is 0 Å². The molecule has 0 N–H and O–H groups in total. The molecule has 5 nitrogen and oxygen atoms in total. The fraction of sp³-hybridized carbons (Fsp3) is 0.500.